The molecule has 0 unspecified atom stereocenters. The fourth-order valence-electron chi connectivity index (χ4n) is 8.11. The van der Waals surface area contributed by atoms with Crippen LogP contribution in [-0.4, -0.2) is 75.5 Å². The Morgan fingerprint density at radius 1 is 1.06 bits per heavy atom. The van der Waals surface area contributed by atoms with Crippen molar-refractivity contribution >= 4 is 6.03 Å². The topological polar surface area (TPSA) is 77.2 Å². The monoisotopic (exact) mass is 490 g/mol. The molecule has 9 rings (SSSR count). The second-order valence-corrected chi connectivity index (χ2v) is 13.5. The van der Waals surface area contributed by atoms with Crippen LogP contribution >= 0.6 is 0 Å². The number of nitrogens with one attached hydrogen (secondary N) is 2. The summed E-state index contributed by atoms with van der Waals surface area (Å²) in [5, 5.41) is 10.8. The van der Waals surface area contributed by atoms with Gasteiger partial charge in [0.05, 0.1) is 5.41 Å². The van der Waals surface area contributed by atoms with Crippen molar-refractivity contribution in [2.45, 2.75) is 81.3 Å². The van der Waals surface area contributed by atoms with Crippen LogP contribution in [0.5, 0.6) is 0 Å². The molecular weight excluding hydrogens is 457 g/mol. The highest BCUT2D eigenvalue weighted by Crippen LogP contribution is 2.72. The molecule has 8 fully saturated rings. The van der Waals surface area contributed by atoms with E-state index in [9.17, 15) is 18.0 Å². The predicted octanol–water partition coefficient (Wildman–Crippen LogP) is 3.77. The number of amides is 2. The van der Waals surface area contributed by atoms with Crippen LogP contribution in [0.4, 0.5) is 18.0 Å². The Kier molecular flexibility index (Phi) is 3.85. The number of aromatic nitrogens is 3. The van der Waals surface area contributed by atoms with E-state index in [1.54, 1.807) is 0 Å². The molecule has 1 aromatic rings. The highest BCUT2D eigenvalue weighted by Gasteiger charge is 2.73. The van der Waals surface area contributed by atoms with Crippen molar-refractivity contribution < 1.29 is 18.0 Å². The third-order valence-corrected chi connectivity index (χ3v) is 10.9. The Labute approximate surface area is 202 Å². The number of urea groups is 1. The molecule has 2 amide bonds. The number of hydrogen-bond donors (Lipinski definition) is 2. The first-order chi connectivity index (χ1) is 16.6. The summed E-state index contributed by atoms with van der Waals surface area (Å²) >= 11 is 0. The van der Waals surface area contributed by atoms with E-state index in [4.69, 9.17) is 4.98 Å². The van der Waals surface area contributed by atoms with Crippen molar-refractivity contribution in [3.8, 4) is 0 Å². The second kappa shape index (κ2) is 6.34. The molecule has 0 atom stereocenters. The maximum atomic E-state index is 13.2. The first kappa shape index (κ1) is 21.3. The average Bonchev–Trinajstić information content (AvgIpc) is 3.57. The molecule has 0 aromatic carbocycles. The number of likely N-dealkylation sites (tertiary alicyclic amines) is 2. The summed E-state index contributed by atoms with van der Waals surface area (Å²) in [4.78, 5) is 21.6. The molecule has 8 aliphatic rings. The van der Waals surface area contributed by atoms with Crippen LogP contribution < -0.4 is 5.32 Å². The summed E-state index contributed by atoms with van der Waals surface area (Å²) in [6.07, 6.45) is 4.01. The van der Waals surface area contributed by atoms with Gasteiger partial charge in [0.2, 0.25) is 0 Å². The molecule has 35 heavy (non-hydrogen) atoms. The third-order valence-electron chi connectivity index (χ3n) is 10.9. The third kappa shape index (κ3) is 2.98. The Balaban J connectivity index is 0.773. The predicted molar refractivity (Wildman–Crippen MR) is 120 cm³/mol. The van der Waals surface area contributed by atoms with Gasteiger partial charge in [0.1, 0.15) is 5.82 Å². The van der Waals surface area contributed by atoms with Gasteiger partial charge >= 0.3 is 12.2 Å². The smallest absolute Gasteiger partial charge is 0.324 e. The number of nitrogens with zero attached hydrogens (tertiary/aromatic N) is 4. The maximum absolute atomic E-state index is 13.2. The van der Waals surface area contributed by atoms with E-state index in [-0.39, 0.29) is 41.8 Å². The van der Waals surface area contributed by atoms with Gasteiger partial charge in [-0.1, -0.05) is 0 Å². The normalized spacial score (nSPS) is 36.7. The quantitative estimate of drug-likeness (QED) is 0.637. The number of H-pyrrole nitrogens is 1. The van der Waals surface area contributed by atoms with E-state index in [1.165, 1.54) is 12.8 Å². The Morgan fingerprint density at radius 3 is 2.34 bits per heavy atom. The average molecular weight is 491 g/mol. The second-order valence-electron chi connectivity index (χ2n) is 13.5. The number of halogens is 3. The van der Waals surface area contributed by atoms with Crippen molar-refractivity contribution in [2.24, 2.45) is 22.2 Å². The highest BCUT2D eigenvalue weighted by atomic mass is 19.4. The molecule has 2 aliphatic heterocycles. The minimum absolute atomic E-state index is 0.0571. The van der Waals surface area contributed by atoms with Gasteiger partial charge in [-0.3, -0.25) is 5.10 Å². The van der Waals surface area contributed by atoms with Crippen LogP contribution in [0.15, 0.2) is 0 Å². The van der Waals surface area contributed by atoms with E-state index >= 15 is 0 Å². The standard InChI is InChI=1S/C25H33F3N6O/c26-25(27,28)23(3-4-23)12-29-24-9-22(10-24,11-24)17-7-33(8-17)20(35)34-13-21(14-34)5-16(6-21)19-30-18(31-32-19)15-1-2-15/h15-17,29H,1-14H2,(H,30,31,32). The minimum Gasteiger partial charge on any atom is -0.324 e. The summed E-state index contributed by atoms with van der Waals surface area (Å²) < 4.78 is 39.6. The number of carbonyl (C=O) groups excluding carboxylic acids is 1. The zero-order valence-corrected chi connectivity index (χ0v) is 20.0. The molecule has 2 N–H and O–H groups in total. The minimum atomic E-state index is -4.08. The fourth-order valence-corrected chi connectivity index (χ4v) is 8.11. The zero-order chi connectivity index (χ0) is 23.8. The van der Waals surface area contributed by atoms with Crippen LogP contribution in [0.1, 0.15) is 81.3 Å². The van der Waals surface area contributed by atoms with E-state index in [1.807, 2.05) is 9.80 Å². The van der Waals surface area contributed by atoms with Gasteiger partial charge in [-0.25, -0.2) is 9.78 Å². The molecule has 1 aromatic heterocycles. The van der Waals surface area contributed by atoms with Crippen LogP contribution in [0.25, 0.3) is 0 Å². The summed E-state index contributed by atoms with van der Waals surface area (Å²) in [6.45, 7) is 3.41. The van der Waals surface area contributed by atoms with E-state index < -0.39 is 11.6 Å². The molecule has 6 aliphatic carbocycles. The Morgan fingerprint density at radius 2 is 1.74 bits per heavy atom. The summed E-state index contributed by atoms with van der Waals surface area (Å²) in [7, 11) is 0. The van der Waals surface area contributed by atoms with Gasteiger partial charge in [-0.15, -0.1) is 0 Å². The van der Waals surface area contributed by atoms with Crippen molar-refractivity contribution in [1.82, 2.24) is 30.3 Å². The van der Waals surface area contributed by atoms with Crippen molar-refractivity contribution in [3.63, 3.8) is 0 Å². The molecular formula is C25H33F3N6O. The van der Waals surface area contributed by atoms with E-state index in [2.05, 4.69) is 15.5 Å². The lowest BCUT2D eigenvalue weighted by atomic mass is 9.35. The Bertz CT molecular complexity index is 1050. The number of rotatable bonds is 6. The van der Waals surface area contributed by atoms with E-state index in [0.29, 0.717) is 17.8 Å². The van der Waals surface area contributed by atoms with Crippen molar-refractivity contribution in [3.05, 3.63) is 11.6 Å². The molecule has 0 radical (unpaired) electrons. The summed E-state index contributed by atoms with van der Waals surface area (Å²) in [5.41, 5.74) is -0.977. The van der Waals surface area contributed by atoms with Crippen LogP contribution in [0, 0.1) is 22.2 Å². The van der Waals surface area contributed by atoms with Crippen LogP contribution in [-0.2, 0) is 0 Å². The molecule has 190 valence electrons. The fraction of sp³-hybridized carbons (Fsp3) is 0.880. The lowest BCUT2D eigenvalue weighted by Crippen LogP contribution is -2.80. The number of hydrogen-bond acceptors (Lipinski definition) is 4. The van der Waals surface area contributed by atoms with Crippen LogP contribution in [0.3, 0.4) is 0 Å². The van der Waals surface area contributed by atoms with Crippen molar-refractivity contribution in [2.75, 3.05) is 32.7 Å². The summed E-state index contributed by atoms with van der Waals surface area (Å²) in [6, 6.07) is 0.171. The largest absolute Gasteiger partial charge is 0.395 e. The number of alkyl halides is 3. The van der Waals surface area contributed by atoms with Crippen LogP contribution in [0.2, 0.25) is 0 Å². The van der Waals surface area contributed by atoms with Gasteiger partial charge in [-0.2, -0.15) is 18.3 Å². The molecule has 1 spiro atoms. The number of aromatic amines is 1. The zero-order valence-electron chi connectivity index (χ0n) is 20.0. The van der Waals surface area contributed by atoms with Crippen molar-refractivity contribution in [1.29, 1.82) is 0 Å². The van der Waals surface area contributed by atoms with Gasteiger partial charge in [-0.05, 0) is 63.2 Å². The number of carbonyl (C=O) groups is 1. The SMILES string of the molecule is O=C(N1CC(C23CC(NCC4(C(F)(F)F)CC4)(C2)C3)C1)N1CC2(CC(c3n[nH]c(C4CC4)n3)C2)C1. The molecule has 10 heteroatoms. The first-order valence-corrected chi connectivity index (χ1v) is 13.4. The first-order valence-electron chi connectivity index (χ1n) is 13.4. The molecule has 2 saturated heterocycles. The maximum Gasteiger partial charge on any atom is 0.395 e. The van der Waals surface area contributed by atoms with E-state index in [0.717, 1.165) is 69.9 Å². The highest BCUT2D eigenvalue weighted by molar-refractivity contribution is 5.76. The van der Waals surface area contributed by atoms with Gasteiger partial charge in [0.15, 0.2) is 5.82 Å². The lowest BCUT2D eigenvalue weighted by Gasteiger charge is -2.76. The van der Waals surface area contributed by atoms with Gasteiger partial charge < -0.3 is 15.1 Å². The molecule has 7 nitrogen and oxygen atoms in total. The Hall–Kier alpha value is -1.84. The molecule has 3 heterocycles. The molecule has 2 bridgehead atoms. The lowest BCUT2D eigenvalue weighted by molar-refractivity contribution is -0.226. The summed E-state index contributed by atoms with van der Waals surface area (Å²) in [5.74, 6) is 3.56. The van der Waals surface area contributed by atoms with Gasteiger partial charge in [0, 0.05) is 61.4 Å². The van der Waals surface area contributed by atoms with Gasteiger partial charge in [0.25, 0.3) is 0 Å². The molecule has 6 saturated carbocycles.